The lowest BCUT2D eigenvalue weighted by atomic mass is 9.93. The van der Waals surface area contributed by atoms with Gasteiger partial charge in [-0.05, 0) is 17.4 Å². The fourth-order valence-corrected chi connectivity index (χ4v) is 3.82. The number of rotatable bonds is 3. The molecule has 2 heterocycles. The molecule has 0 bridgehead atoms. The summed E-state index contributed by atoms with van der Waals surface area (Å²) in [6, 6.07) is 7.19. The zero-order valence-electron chi connectivity index (χ0n) is 12.0. The standard InChI is InChI=1S/C15H15N3O2S2/c1-21-15-17-11(8-22-15)14(20)18-7-10-5-3-2-4-9(10)6-12(18)13(16)19/h2-5,8,12H,6-7H2,1H3,(H2,16,19)/t12-/m0/s1. The highest BCUT2D eigenvalue weighted by Crippen LogP contribution is 2.26. The molecule has 1 aliphatic heterocycles. The highest BCUT2D eigenvalue weighted by atomic mass is 32.2. The Kier molecular flexibility index (Phi) is 4.17. The van der Waals surface area contributed by atoms with Crippen molar-refractivity contribution in [2.75, 3.05) is 6.26 Å². The number of hydrogen-bond acceptors (Lipinski definition) is 5. The van der Waals surface area contributed by atoms with Crippen LogP contribution >= 0.6 is 23.1 Å². The molecule has 1 aromatic carbocycles. The second kappa shape index (κ2) is 6.10. The zero-order valence-corrected chi connectivity index (χ0v) is 13.6. The average Bonchev–Trinajstić information content (AvgIpc) is 3.02. The Morgan fingerprint density at radius 1 is 1.36 bits per heavy atom. The van der Waals surface area contributed by atoms with Gasteiger partial charge in [-0.2, -0.15) is 0 Å². The van der Waals surface area contributed by atoms with E-state index in [4.69, 9.17) is 5.73 Å². The Morgan fingerprint density at radius 2 is 2.09 bits per heavy atom. The Morgan fingerprint density at radius 3 is 2.73 bits per heavy atom. The van der Waals surface area contributed by atoms with Crippen molar-refractivity contribution >= 4 is 34.9 Å². The van der Waals surface area contributed by atoms with E-state index in [9.17, 15) is 9.59 Å². The van der Waals surface area contributed by atoms with Crippen LogP contribution in [0.15, 0.2) is 34.0 Å². The SMILES string of the molecule is CSc1nc(C(=O)N2Cc3ccccc3C[C@H]2C(N)=O)cs1. The molecule has 0 saturated heterocycles. The van der Waals surface area contributed by atoms with Crippen LogP contribution in [0.1, 0.15) is 21.6 Å². The minimum atomic E-state index is -0.623. The highest BCUT2D eigenvalue weighted by Gasteiger charge is 2.34. The number of amides is 2. The number of nitrogens with two attached hydrogens (primary N) is 1. The molecule has 0 saturated carbocycles. The quantitative estimate of drug-likeness (QED) is 0.871. The highest BCUT2D eigenvalue weighted by molar-refractivity contribution is 8.00. The summed E-state index contributed by atoms with van der Waals surface area (Å²) in [7, 11) is 0. The van der Waals surface area contributed by atoms with Gasteiger partial charge in [0.05, 0.1) is 0 Å². The lowest BCUT2D eigenvalue weighted by Gasteiger charge is -2.34. The molecule has 2 aromatic rings. The number of benzene rings is 1. The molecular formula is C15H15N3O2S2. The lowest BCUT2D eigenvalue weighted by molar-refractivity contribution is -0.122. The van der Waals surface area contributed by atoms with E-state index in [-0.39, 0.29) is 5.91 Å². The summed E-state index contributed by atoms with van der Waals surface area (Å²) >= 11 is 2.92. The van der Waals surface area contributed by atoms with Gasteiger partial charge in [-0.1, -0.05) is 36.0 Å². The van der Waals surface area contributed by atoms with Gasteiger partial charge in [0, 0.05) is 18.3 Å². The van der Waals surface area contributed by atoms with Crippen molar-refractivity contribution in [2.45, 2.75) is 23.3 Å². The first-order valence-corrected chi connectivity index (χ1v) is 8.87. The van der Waals surface area contributed by atoms with E-state index in [2.05, 4.69) is 4.98 Å². The number of fused-ring (bicyclic) bond motifs is 1. The molecule has 22 heavy (non-hydrogen) atoms. The Hall–Kier alpha value is -1.86. The molecule has 2 amide bonds. The van der Waals surface area contributed by atoms with E-state index in [1.54, 1.807) is 5.38 Å². The first-order chi connectivity index (χ1) is 10.6. The molecule has 0 aliphatic carbocycles. The maximum absolute atomic E-state index is 12.7. The minimum absolute atomic E-state index is 0.241. The van der Waals surface area contributed by atoms with Crippen LogP contribution in [0, 0.1) is 0 Å². The Bertz CT molecular complexity index is 729. The maximum atomic E-state index is 12.7. The molecule has 0 spiro atoms. The van der Waals surface area contributed by atoms with Gasteiger partial charge >= 0.3 is 0 Å². The molecular weight excluding hydrogens is 318 g/mol. The van der Waals surface area contributed by atoms with Crippen LogP contribution in [0.4, 0.5) is 0 Å². The molecule has 2 N–H and O–H groups in total. The van der Waals surface area contributed by atoms with Crippen LogP contribution in [0.25, 0.3) is 0 Å². The van der Waals surface area contributed by atoms with Crippen molar-refractivity contribution in [2.24, 2.45) is 5.73 Å². The Balaban J connectivity index is 1.93. The molecule has 1 aromatic heterocycles. The van der Waals surface area contributed by atoms with Gasteiger partial charge in [-0.3, -0.25) is 9.59 Å². The summed E-state index contributed by atoms with van der Waals surface area (Å²) in [4.78, 5) is 30.3. The molecule has 0 radical (unpaired) electrons. The van der Waals surface area contributed by atoms with Gasteiger partial charge in [0.25, 0.3) is 5.91 Å². The van der Waals surface area contributed by atoms with Gasteiger partial charge in [0.1, 0.15) is 16.1 Å². The third-order valence-electron chi connectivity index (χ3n) is 3.71. The Labute approximate surface area is 136 Å². The summed E-state index contributed by atoms with van der Waals surface area (Å²) in [5.41, 5.74) is 8.00. The van der Waals surface area contributed by atoms with Crippen molar-refractivity contribution in [1.82, 2.24) is 9.88 Å². The van der Waals surface area contributed by atoms with Crippen LogP contribution in [0.2, 0.25) is 0 Å². The molecule has 114 valence electrons. The summed E-state index contributed by atoms with van der Waals surface area (Å²) in [5.74, 6) is -0.724. The molecule has 3 rings (SSSR count). The summed E-state index contributed by atoms with van der Waals surface area (Å²) in [5, 5.41) is 1.73. The lowest BCUT2D eigenvalue weighted by Crippen LogP contribution is -2.51. The van der Waals surface area contributed by atoms with Gasteiger partial charge in [0.15, 0.2) is 0 Å². The van der Waals surface area contributed by atoms with E-state index in [0.29, 0.717) is 18.7 Å². The summed E-state index contributed by atoms with van der Waals surface area (Å²) in [6.07, 6.45) is 2.37. The predicted molar refractivity (Wildman–Crippen MR) is 86.9 cm³/mol. The number of thiazole rings is 1. The van der Waals surface area contributed by atoms with Gasteiger partial charge < -0.3 is 10.6 Å². The number of hydrogen-bond donors (Lipinski definition) is 1. The van der Waals surface area contributed by atoms with E-state index in [1.165, 1.54) is 28.0 Å². The number of aromatic nitrogens is 1. The molecule has 7 heteroatoms. The fraction of sp³-hybridized carbons (Fsp3) is 0.267. The summed E-state index contributed by atoms with van der Waals surface area (Å²) < 4.78 is 0.830. The smallest absolute Gasteiger partial charge is 0.274 e. The first-order valence-electron chi connectivity index (χ1n) is 6.76. The number of nitrogens with zero attached hydrogens (tertiary/aromatic N) is 2. The average molecular weight is 333 g/mol. The van der Waals surface area contributed by atoms with Crippen LogP contribution in [-0.4, -0.2) is 34.0 Å². The van der Waals surface area contributed by atoms with Crippen LogP contribution in [-0.2, 0) is 17.8 Å². The zero-order chi connectivity index (χ0) is 15.7. The fourth-order valence-electron chi connectivity index (χ4n) is 2.59. The van der Waals surface area contributed by atoms with E-state index >= 15 is 0 Å². The topological polar surface area (TPSA) is 76.3 Å². The first kappa shape index (κ1) is 15.1. The van der Waals surface area contributed by atoms with Gasteiger partial charge in [-0.15, -0.1) is 11.3 Å². The van der Waals surface area contributed by atoms with Crippen molar-refractivity contribution in [3.63, 3.8) is 0 Å². The minimum Gasteiger partial charge on any atom is -0.368 e. The van der Waals surface area contributed by atoms with E-state index < -0.39 is 11.9 Å². The number of thioether (sulfide) groups is 1. The van der Waals surface area contributed by atoms with Crippen molar-refractivity contribution in [3.05, 3.63) is 46.5 Å². The van der Waals surface area contributed by atoms with Crippen LogP contribution in [0.5, 0.6) is 0 Å². The third kappa shape index (κ3) is 2.74. The van der Waals surface area contributed by atoms with E-state index in [0.717, 1.165) is 15.5 Å². The third-order valence-corrected chi connectivity index (χ3v) is 5.58. The second-order valence-electron chi connectivity index (χ2n) is 5.03. The van der Waals surface area contributed by atoms with Crippen molar-refractivity contribution in [1.29, 1.82) is 0 Å². The van der Waals surface area contributed by atoms with Crippen LogP contribution in [0.3, 0.4) is 0 Å². The molecule has 0 fully saturated rings. The number of primary amides is 1. The summed E-state index contributed by atoms with van der Waals surface area (Å²) in [6.45, 7) is 0.384. The van der Waals surface area contributed by atoms with Crippen LogP contribution < -0.4 is 5.73 Å². The van der Waals surface area contributed by atoms with Gasteiger partial charge in [-0.25, -0.2) is 4.98 Å². The van der Waals surface area contributed by atoms with Crippen molar-refractivity contribution in [3.8, 4) is 0 Å². The second-order valence-corrected chi connectivity index (χ2v) is 6.94. The monoisotopic (exact) mass is 333 g/mol. The van der Waals surface area contributed by atoms with E-state index in [1.807, 2.05) is 30.5 Å². The predicted octanol–water partition coefficient (Wildman–Crippen LogP) is 1.92. The molecule has 5 nitrogen and oxygen atoms in total. The van der Waals surface area contributed by atoms with Crippen molar-refractivity contribution < 1.29 is 9.59 Å². The number of carbonyl (C=O) groups excluding carboxylic acids is 2. The normalized spacial score (nSPS) is 17.1. The largest absolute Gasteiger partial charge is 0.368 e. The molecule has 1 aliphatic rings. The molecule has 1 atom stereocenters. The number of carbonyl (C=O) groups is 2. The maximum Gasteiger partial charge on any atom is 0.274 e. The molecule has 0 unspecified atom stereocenters. The van der Waals surface area contributed by atoms with Gasteiger partial charge in [0.2, 0.25) is 5.91 Å².